The molecule has 2 amide bonds. The van der Waals surface area contributed by atoms with Crippen LogP contribution in [0, 0.1) is 17.8 Å². The standard InChI is InChI=1S/C30H44N2O5S/c1-4-20(2)22(19-33)32-25-27(35)31(21-13-8-7-9-14-21)17-12-16-30(25)23(26(32)34)24-28(36)37-18-11-6-5-10-15-29(24,3)38-30/h10,12,15-16,20-25,33H,4-9,11,13-14,17-19H2,1-3H3/b15-10-/t20-,22-,23-,24+,25?,29-,30-/m0/s1. The van der Waals surface area contributed by atoms with E-state index in [9.17, 15) is 19.5 Å². The van der Waals surface area contributed by atoms with Gasteiger partial charge in [-0.15, -0.1) is 11.8 Å². The Labute approximate surface area is 231 Å². The summed E-state index contributed by atoms with van der Waals surface area (Å²) in [6.07, 6.45) is 17.2. The monoisotopic (exact) mass is 544 g/mol. The average Bonchev–Trinajstić information content (AvgIpc) is 3.24. The Kier molecular flexibility index (Phi) is 8.03. The van der Waals surface area contributed by atoms with E-state index in [4.69, 9.17) is 4.74 Å². The van der Waals surface area contributed by atoms with E-state index in [-0.39, 0.29) is 36.4 Å². The van der Waals surface area contributed by atoms with Gasteiger partial charge in [0, 0.05) is 17.3 Å². The fourth-order valence-corrected chi connectivity index (χ4v) is 9.79. The van der Waals surface area contributed by atoms with Gasteiger partial charge in [0.05, 0.1) is 35.8 Å². The highest BCUT2D eigenvalue weighted by molar-refractivity contribution is 8.02. The molecule has 7 nitrogen and oxygen atoms in total. The van der Waals surface area contributed by atoms with Crippen LogP contribution in [0.5, 0.6) is 0 Å². The summed E-state index contributed by atoms with van der Waals surface area (Å²) in [5.74, 6) is -1.98. The van der Waals surface area contributed by atoms with E-state index in [0.29, 0.717) is 13.2 Å². The number of aliphatic hydroxyl groups is 1. The molecule has 0 aromatic rings. The number of esters is 1. The second-order valence-corrected chi connectivity index (χ2v) is 13.9. The van der Waals surface area contributed by atoms with Gasteiger partial charge in [-0.1, -0.05) is 63.8 Å². The van der Waals surface area contributed by atoms with Gasteiger partial charge in [-0.3, -0.25) is 14.4 Å². The van der Waals surface area contributed by atoms with Gasteiger partial charge in [0.2, 0.25) is 11.8 Å². The Bertz CT molecular complexity index is 993. The molecule has 1 aliphatic carbocycles. The predicted octanol–water partition coefficient (Wildman–Crippen LogP) is 4.10. The molecule has 1 unspecified atom stereocenters. The number of hydrogen-bond acceptors (Lipinski definition) is 6. The van der Waals surface area contributed by atoms with Gasteiger partial charge in [0.25, 0.3) is 0 Å². The lowest BCUT2D eigenvalue weighted by Gasteiger charge is -2.43. The number of hydrogen-bond donors (Lipinski definition) is 1. The Morgan fingerprint density at radius 3 is 2.53 bits per heavy atom. The van der Waals surface area contributed by atoms with Crippen molar-refractivity contribution in [3.63, 3.8) is 0 Å². The van der Waals surface area contributed by atoms with Crippen molar-refractivity contribution in [2.24, 2.45) is 17.8 Å². The maximum atomic E-state index is 14.7. The summed E-state index contributed by atoms with van der Waals surface area (Å²) in [5, 5.41) is 10.6. The van der Waals surface area contributed by atoms with Crippen LogP contribution in [0.15, 0.2) is 24.3 Å². The van der Waals surface area contributed by atoms with Crippen molar-refractivity contribution in [3.05, 3.63) is 24.3 Å². The number of carbonyl (C=O) groups is 3. The number of nitrogens with zero attached hydrogens (tertiary/aromatic N) is 2. The van der Waals surface area contributed by atoms with E-state index in [0.717, 1.165) is 51.4 Å². The number of carbonyl (C=O) groups excluding carboxylic acids is 3. The molecule has 0 radical (unpaired) electrons. The van der Waals surface area contributed by atoms with Crippen LogP contribution in [0.1, 0.15) is 78.6 Å². The third-order valence-corrected chi connectivity index (χ3v) is 11.6. The molecule has 3 fully saturated rings. The highest BCUT2D eigenvalue weighted by Crippen LogP contribution is 2.65. The van der Waals surface area contributed by atoms with Crippen LogP contribution in [0.25, 0.3) is 0 Å². The number of ether oxygens (including phenoxy) is 1. The number of fused-ring (bicyclic) bond motifs is 2. The van der Waals surface area contributed by atoms with E-state index in [1.165, 1.54) is 6.42 Å². The second-order valence-electron chi connectivity index (χ2n) is 12.1. The number of likely N-dealkylation sites (tertiary alicyclic amines) is 1. The normalized spacial score (nSPS) is 38.6. The summed E-state index contributed by atoms with van der Waals surface area (Å²) < 4.78 is 4.20. The van der Waals surface area contributed by atoms with Gasteiger partial charge in [-0.05, 0) is 44.9 Å². The number of rotatable bonds is 5. The second kappa shape index (κ2) is 11.0. The van der Waals surface area contributed by atoms with Crippen LogP contribution in [0.2, 0.25) is 0 Å². The summed E-state index contributed by atoms with van der Waals surface area (Å²) in [7, 11) is 0. The van der Waals surface area contributed by atoms with Crippen LogP contribution in [-0.2, 0) is 19.1 Å². The first-order chi connectivity index (χ1) is 18.3. The summed E-state index contributed by atoms with van der Waals surface area (Å²) in [6, 6.07) is -1.08. The molecule has 1 spiro atoms. The minimum Gasteiger partial charge on any atom is -0.465 e. The van der Waals surface area contributed by atoms with E-state index in [1.807, 2.05) is 25.7 Å². The summed E-state index contributed by atoms with van der Waals surface area (Å²) >= 11 is 1.60. The van der Waals surface area contributed by atoms with Gasteiger partial charge < -0.3 is 19.6 Å². The van der Waals surface area contributed by atoms with E-state index in [2.05, 4.69) is 24.3 Å². The van der Waals surface area contributed by atoms with Gasteiger partial charge in [0.15, 0.2) is 0 Å². The van der Waals surface area contributed by atoms with E-state index >= 15 is 0 Å². The van der Waals surface area contributed by atoms with Gasteiger partial charge >= 0.3 is 5.97 Å². The molecule has 4 heterocycles. The van der Waals surface area contributed by atoms with Crippen LogP contribution < -0.4 is 0 Å². The SMILES string of the molecule is CC[C@H](C)[C@H](CO)N1C(=O)[C@@H]2[C@@H]3C(=O)OCCCC/C=C\[C@]3(C)S[C@@]23C=CCN(C2CCCCC2)C(=O)C13. The van der Waals surface area contributed by atoms with Crippen molar-refractivity contribution in [3.8, 4) is 0 Å². The lowest BCUT2D eigenvalue weighted by atomic mass is 9.74. The van der Waals surface area contributed by atoms with E-state index in [1.54, 1.807) is 16.7 Å². The maximum absolute atomic E-state index is 14.7. The fraction of sp³-hybridized carbons (Fsp3) is 0.767. The summed E-state index contributed by atoms with van der Waals surface area (Å²) in [4.78, 5) is 46.6. The van der Waals surface area contributed by atoms with Crippen LogP contribution in [0.4, 0.5) is 0 Å². The van der Waals surface area contributed by atoms with Crippen molar-refractivity contribution >= 4 is 29.5 Å². The van der Waals surface area contributed by atoms with Gasteiger partial charge in [-0.2, -0.15) is 0 Å². The Balaban J connectivity index is 1.65. The topological polar surface area (TPSA) is 87.2 Å². The average molecular weight is 545 g/mol. The number of thioether (sulfide) groups is 1. The molecular weight excluding hydrogens is 500 g/mol. The van der Waals surface area contributed by atoms with Crippen molar-refractivity contribution in [2.45, 2.75) is 106 Å². The highest BCUT2D eigenvalue weighted by Gasteiger charge is 2.74. The fourth-order valence-electron chi connectivity index (χ4n) is 7.65. The smallest absolute Gasteiger partial charge is 0.311 e. The van der Waals surface area contributed by atoms with Crippen LogP contribution in [0.3, 0.4) is 0 Å². The quantitative estimate of drug-likeness (QED) is 0.414. The Morgan fingerprint density at radius 2 is 1.82 bits per heavy atom. The first-order valence-corrected chi connectivity index (χ1v) is 15.6. The molecule has 1 N–H and O–H groups in total. The third kappa shape index (κ3) is 4.43. The third-order valence-electron chi connectivity index (χ3n) is 9.83. The number of amides is 2. The molecule has 1 saturated carbocycles. The highest BCUT2D eigenvalue weighted by atomic mass is 32.2. The number of cyclic esters (lactones) is 1. The Morgan fingerprint density at radius 1 is 1.05 bits per heavy atom. The number of aliphatic hydroxyl groups excluding tert-OH is 1. The lowest BCUT2D eigenvalue weighted by molar-refractivity contribution is -0.155. The minimum absolute atomic E-state index is 0.00951. The minimum atomic E-state index is -0.894. The molecule has 8 heteroatoms. The molecule has 5 rings (SSSR count). The molecule has 4 aliphatic heterocycles. The first-order valence-electron chi connectivity index (χ1n) is 14.7. The first kappa shape index (κ1) is 27.8. The van der Waals surface area contributed by atoms with Crippen LogP contribution >= 0.6 is 11.8 Å². The molecule has 0 aromatic carbocycles. The van der Waals surface area contributed by atoms with Gasteiger partial charge in [-0.25, -0.2) is 0 Å². The summed E-state index contributed by atoms with van der Waals surface area (Å²) in [5.41, 5.74) is 0. The summed E-state index contributed by atoms with van der Waals surface area (Å²) in [6.45, 7) is 6.76. The van der Waals surface area contributed by atoms with Crippen molar-refractivity contribution in [1.82, 2.24) is 9.80 Å². The largest absolute Gasteiger partial charge is 0.465 e. The van der Waals surface area contributed by atoms with Crippen molar-refractivity contribution in [1.29, 1.82) is 0 Å². The zero-order chi connectivity index (χ0) is 27.1. The zero-order valence-electron chi connectivity index (χ0n) is 23.1. The van der Waals surface area contributed by atoms with Crippen molar-refractivity contribution in [2.75, 3.05) is 19.8 Å². The predicted molar refractivity (Wildman–Crippen MR) is 148 cm³/mol. The molecule has 0 aromatic heterocycles. The Hall–Kier alpha value is -1.80. The molecule has 2 saturated heterocycles. The molecule has 210 valence electrons. The lowest BCUT2D eigenvalue weighted by Crippen LogP contribution is -2.59. The molecule has 0 bridgehead atoms. The zero-order valence-corrected chi connectivity index (χ0v) is 24.0. The molecular formula is C30H44N2O5S. The van der Waals surface area contributed by atoms with Crippen molar-refractivity contribution < 1.29 is 24.2 Å². The van der Waals surface area contributed by atoms with Gasteiger partial charge in [0.1, 0.15) is 6.04 Å². The maximum Gasteiger partial charge on any atom is 0.311 e. The van der Waals surface area contributed by atoms with Crippen LogP contribution in [-0.4, -0.2) is 80.1 Å². The molecule has 7 atom stereocenters. The molecule has 38 heavy (non-hydrogen) atoms. The molecule has 5 aliphatic rings. The van der Waals surface area contributed by atoms with E-state index < -0.39 is 33.4 Å². The number of allylic oxidation sites excluding steroid dienone is 1.